The first kappa shape index (κ1) is 22.1. The molecule has 3 rings (SSSR count). The van der Waals surface area contributed by atoms with Crippen LogP contribution in [0.4, 0.5) is 4.79 Å². The number of carbonyl (C=O) groups excluding carboxylic acids is 1. The van der Waals surface area contributed by atoms with Gasteiger partial charge in [-0.25, -0.2) is 9.78 Å². The Kier molecular flexibility index (Phi) is 7.00. The number of carbonyl (C=O) groups is 1. The topological polar surface area (TPSA) is 78.3 Å². The Hall–Kier alpha value is -2.57. The molecule has 2 aromatic rings. The second-order valence-electron chi connectivity index (χ2n) is 9.28. The van der Waals surface area contributed by atoms with Crippen molar-refractivity contribution >= 4 is 6.09 Å². The minimum Gasteiger partial charge on any atom is -0.489 e. The summed E-state index contributed by atoms with van der Waals surface area (Å²) in [5.74, 6) is 0.847. The maximum atomic E-state index is 12.0. The molecule has 2 aromatic heterocycles. The molecule has 0 aromatic carbocycles. The molecule has 164 valence electrons. The van der Waals surface area contributed by atoms with Crippen LogP contribution in [0.15, 0.2) is 18.3 Å². The van der Waals surface area contributed by atoms with E-state index >= 15 is 0 Å². The van der Waals surface area contributed by atoms with E-state index < -0.39 is 6.09 Å². The Labute approximate surface area is 179 Å². The third-order valence-corrected chi connectivity index (χ3v) is 5.26. The Morgan fingerprint density at radius 3 is 2.63 bits per heavy atom. The zero-order valence-electron chi connectivity index (χ0n) is 18.8. The zero-order valence-corrected chi connectivity index (χ0v) is 18.8. The first-order valence-electron chi connectivity index (χ1n) is 10.8. The average Bonchev–Trinajstić information content (AvgIpc) is 3.07. The number of nitrogens with one attached hydrogen (secondary N) is 1. The van der Waals surface area contributed by atoms with Crippen molar-refractivity contribution in [2.24, 2.45) is 12.5 Å². The fourth-order valence-electron chi connectivity index (χ4n) is 3.56. The van der Waals surface area contributed by atoms with Crippen LogP contribution in [-0.2, 0) is 18.3 Å². The van der Waals surface area contributed by atoms with Gasteiger partial charge in [0.25, 0.3) is 0 Å². The number of alkyl carbamates (subject to hydrolysis) is 1. The van der Waals surface area contributed by atoms with Gasteiger partial charge in [-0.2, -0.15) is 5.10 Å². The summed E-state index contributed by atoms with van der Waals surface area (Å²) in [7, 11) is 1.86. The van der Waals surface area contributed by atoms with Crippen molar-refractivity contribution in [3.8, 4) is 17.0 Å². The predicted octanol–water partition coefficient (Wildman–Crippen LogP) is 4.77. The van der Waals surface area contributed by atoms with Crippen molar-refractivity contribution in [2.45, 2.75) is 72.4 Å². The second kappa shape index (κ2) is 9.49. The number of aromatic nitrogens is 3. The summed E-state index contributed by atoms with van der Waals surface area (Å²) in [6, 6.07) is 3.96. The van der Waals surface area contributed by atoms with Gasteiger partial charge in [0.1, 0.15) is 5.75 Å². The van der Waals surface area contributed by atoms with Gasteiger partial charge in [0.05, 0.1) is 42.5 Å². The normalized spacial score (nSPS) is 15.1. The van der Waals surface area contributed by atoms with E-state index in [1.54, 1.807) is 10.9 Å². The van der Waals surface area contributed by atoms with Crippen molar-refractivity contribution in [1.82, 2.24) is 20.1 Å². The van der Waals surface area contributed by atoms with E-state index in [9.17, 15) is 4.79 Å². The molecule has 0 bridgehead atoms. The van der Waals surface area contributed by atoms with E-state index in [-0.39, 0.29) is 5.41 Å². The van der Waals surface area contributed by atoms with E-state index in [2.05, 4.69) is 10.4 Å². The third kappa shape index (κ3) is 5.97. The number of ether oxygens (including phenoxy) is 2. The number of rotatable bonds is 6. The van der Waals surface area contributed by atoms with Crippen LogP contribution in [0, 0.1) is 12.3 Å². The molecule has 1 saturated carbocycles. The molecule has 1 amide bonds. The van der Waals surface area contributed by atoms with Gasteiger partial charge >= 0.3 is 6.09 Å². The van der Waals surface area contributed by atoms with Crippen LogP contribution in [0.3, 0.4) is 0 Å². The van der Waals surface area contributed by atoms with Crippen LogP contribution in [0.25, 0.3) is 11.3 Å². The average molecular weight is 415 g/mol. The molecule has 0 aliphatic heterocycles. The van der Waals surface area contributed by atoms with E-state index in [0.29, 0.717) is 19.3 Å². The second-order valence-corrected chi connectivity index (χ2v) is 9.28. The highest BCUT2D eigenvalue weighted by molar-refractivity contribution is 5.68. The lowest BCUT2D eigenvalue weighted by Crippen LogP contribution is -2.28. The van der Waals surface area contributed by atoms with Crippen molar-refractivity contribution in [3.63, 3.8) is 0 Å². The lowest BCUT2D eigenvalue weighted by molar-refractivity contribution is 0.106. The minimum absolute atomic E-state index is 0.0715. The van der Waals surface area contributed by atoms with Crippen LogP contribution < -0.4 is 10.1 Å². The molecule has 0 atom stereocenters. The smallest absolute Gasteiger partial charge is 0.407 e. The zero-order chi connectivity index (χ0) is 21.7. The van der Waals surface area contributed by atoms with Crippen LogP contribution in [0.1, 0.15) is 64.3 Å². The van der Waals surface area contributed by atoms with Gasteiger partial charge < -0.3 is 14.8 Å². The maximum Gasteiger partial charge on any atom is 0.407 e. The van der Waals surface area contributed by atoms with Crippen molar-refractivity contribution < 1.29 is 14.3 Å². The number of pyridine rings is 1. The van der Waals surface area contributed by atoms with E-state index in [4.69, 9.17) is 14.5 Å². The van der Waals surface area contributed by atoms with Gasteiger partial charge in [0.2, 0.25) is 0 Å². The maximum absolute atomic E-state index is 12.0. The highest BCUT2D eigenvalue weighted by Gasteiger charge is 2.19. The number of hydrogen-bond acceptors (Lipinski definition) is 5. The van der Waals surface area contributed by atoms with E-state index in [1.807, 2.05) is 46.9 Å². The summed E-state index contributed by atoms with van der Waals surface area (Å²) in [6.07, 6.45) is 7.65. The van der Waals surface area contributed by atoms with Gasteiger partial charge in [0, 0.05) is 12.6 Å². The fourth-order valence-corrected chi connectivity index (χ4v) is 3.56. The number of nitrogens with zero attached hydrogens (tertiary/aromatic N) is 3. The Morgan fingerprint density at radius 2 is 1.97 bits per heavy atom. The Balaban J connectivity index is 1.67. The molecule has 1 fully saturated rings. The molecule has 1 aliphatic rings. The SMILES string of the molecule is Cc1nc(-c2cnn(C)c2CNC(=O)OCC(C)(C)C)ccc1OC1CCCCC1. The summed E-state index contributed by atoms with van der Waals surface area (Å²) in [5, 5.41) is 7.17. The summed E-state index contributed by atoms with van der Waals surface area (Å²) < 4.78 is 13.2. The van der Waals surface area contributed by atoms with Crippen LogP contribution >= 0.6 is 0 Å². The molecule has 30 heavy (non-hydrogen) atoms. The quantitative estimate of drug-likeness (QED) is 0.736. The first-order valence-corrected chi connectivity index (χ1v) is 10.8. The molecule has 1 N–H and O–H groups in total. The fraction of sp³-hybridized carbons (Fsp3) is 0.609. The van der Waals surface area contributed by atoms with E-state index in [1.165, 1.54) is 19.3 Å². The molecule has 1 aliphatic carbocycles. The summed E-state index contributed by atoms with van der Waals surface area (Å²) in [5.41, 5.74) is 3.37. The monoisotopic (exact) mass is 414 g/mol. The third-order valence-electron chi connectivity index (χ3n) is 5.26. The number of aryl methyl sites for hydroxylation is 2. The Bertz CT molecular complexity index is 864. The predicted molar refractivity (Wildman–Crippen MR) is 116 cm³/mol. The number of hydrogen-bond donors (Lipinski definition) is 1. The van der Waals surface area contributed by atoms with Crippen molar-refractivity contribution in [1.29, 1.82) is 0 Å². The van der Waals surface area contributed by atoms with Crippen molar-refractivity contribution in [2.75, 3.05) is 6.61 Å². The molecule has 0 radical (unpaired) electrons. The molecule has 0 saturated heterocycles. The summed E-state index contributed by atoms with van der Waals surface area (Å²) >= 11 is 0. The largest absolute Gasteiger partial charge is 0.489 e. The van der Waals surface area contributed by atoms with Gasteiger partial charge in [-0.05, 0) is 50.2 Å². The molecular weight excluding hydrogens is 380 g/mol. The molecule has 2 heterocycles. The highest BCUT2D eigenvalue weighted by Crippen LogP contribution is 2.28. The van der Waals surface area contributed by atoms with Crippen LogP contribution in [0.5, 0.6) is 5.75 Å². The lowest BCUT2D eigenvalue weighted by atomic mass is 9.98. The lowest BCUT2D eigenvalue weighted by Gasteiger charge is -2.23. The van der Waals surface area contributed by atoms with Gasteiger partial charge in [0.15, 0.2) is 0 Å². The van der Waals surface area contributed by atoms with Gasteiger partial charge in [-0.1, -0.05) is 27.2 Å². The van der Waals surface area contributed by atoms with E-state index in [0.717, 1.165) is 41.2 Å². The van der Waals surface area contributed by atoms with Crippen LogP contribution in [0.2, 0.25) is 0 Å². The number of amides is 1. The standard InChI is InChI=1S/C23H34N4O3/c1-16-21(30-17-9-7-6-8-10-17)12-11-19(26-16)18-13-25-27(5)20(18)14-24-22(28)29-15-23(2,3)4/h11-13,17H,6-10,14-15H2,1-5H3,(H,24,28). The highest BCUT2D eigenvalue weighted by atomic mass is 16.5. The molecule has 7 nitrogen and oxygen atoms in total. The summed E-state index contributed by atoms with van der Waals surface area (Å²) in [4.78, 5) is 16.8. The van der Waals surface area contributed by atoms with Crippen molar-refractivity contribution in [3.05, 3.63) is 29.7 Å². The molecular formula is C23H34N4O3. The molecule has 7 heteroatoms. The summed E-state index contributed by atoms with van der Waals surface area (Å²) in [6.45, 7) is 8.72. The van der Waals surface area contributed by atoms with Crippen LogP contribution in [-0.4, -0.2) is 33.6 Å². The molecule has 0 unspecified atom stereocenters. The minimum atomic E-state index is -0.433. The Morgan fingerprint density at radius 1 is 1.23 bits per heavy atom. The van der Waals surface area contributed by atoms with Gasteiger partial charge in [-0.3, -0.25) is 4.68 Å². The van der Waals surface area contributed by atoms with Gasteiger partial charge in [-0.15, -0.1) is 0 Å². The first-order chi connectivity index (χ1) is 14.2. The molecule has 0 spiro atoms.